The molecule has 3 heterocycles. The minimum absolute atomic E-state index is 1.09. The van der Waals surface area contributed by atoms with Crippen LogP contribution in [0, 0.1) is 0 Å². The summed E-state index contributed by atoms with van der Waals surface area (Å²) in [7, 11) is 0. The van der Waals surface area contributed by atoms with Crippen LogP contribution in [0.2, 0.25) is 0 Å². The second-order valence-electron chi connectivity index (χ2n) is 5.60. The van der Waals surface area contributed by atoms with Crippen LogP contribution in [-0.2, 0) is 6.42 Å². The molecule has 112 valence electrons. The third-order valence-corrected chi connectivity index (χ3v) is 4.11. The van der Waals surface area contributed by atoms with Gasteiger partial charge in [0.1, 0.15) is 0 Å². The largest absolute Gasteiger partial charge is 0.324 e. The summed E-state index contributed by atoms with van der Waals surface area (Å²) in [6.45, 7) is 0. The van der Waals surface area contributed by atoms with E-state index >= 15 is 0 Å². The third kappa shape index (κ3) is 2.71. The van der Waals surface area contributed by atoms with Gasteiger partial charge in [-0.3, -0.25) is 0 Å². The summed E-state index contributed by atoms with van der Waals surface area (Å²) in [4.78, 5) is 0. The van der Waals surface area contributed by atoms with Crippen LogP contribution in [-0.4, -0.2) is 9.13 Å². The highest BCUT2D eigenvalue weighted by molar-refractivity contribution is 5.50. The van der Waals surface area contributed by atoms with Crippen LogP contribution >= 0.6 is 0 Å². The first-order chi connectivity index (χ1) is 11.4. The number of fused-ring (bicyclic) bond motifs is 3. The molecule has 0 radical (unpaired) electrons. The van der Waals surface area contributed by atoms with Crippen molar-refractivity contribution in [3.8, 4) is 11.4 Å². The molecule has 0 unspecified atom stereocenters. The van der Waals surface area contributed by atoms with E-state index in [1.807, 2.05) is 42.7 Å². The van der Waals surface area contributed by atoms with Gasteiger partial charge in [0.05, 0.1) is 0 Å². The number of hydrogen-bond donors (Lipinski definition) is 0. The molecule has 0 N–H and O–H groups in total. The van der Waals surface area contributed by atoms with Gasteiger partial charge in [-0.05, 0) is 48.0 Å². The third-order valence-electron chi connectivity index (χ3n) is 4.11. The van der Waals surface area contributed by atoms with E-state index in [1.54, 1.807) is 0 Å². The quantitative estimate of drug-likeness (QED) is 0.418. The Bertz CT molecular complexity index is 887. The number of hydrogen-bond acceptors (Lipinski definition) is 0. The summed E-state index contributed by atoms with van der Waals surface area (Å²) < 4.78 is 4.34. The van der Waals surface area contributed by atoms with Crippen molar-refractivity contribution in [1.82, 2.24) is 9.13 Å². The fourth-order valence-electron chi connectivity index (χ4n) is 2.99. The van der Waals surface area contributed by atoms with Crippen molar-refractivity contribution in [2.75, 3.05) is 0 Å². The van der Waals surface area contributed by atoms with Crippen LogP contribution < -0.4 is 0 Å². The van der Waals surface area contributed by atoms with E-state index < -0.39 is 0 Å². The number of aromatic nitrogens is 2. The maximum Gasteiger partial charge on any atom is 0.0488 e. The highest BCUT2D eigenvalue weighted by atomic mass is 15.0. The summed E-state index contributed by atoms with van der Waals surface area (Å²) >= 11 is 0. The lowest BCUT2D eigenvalue weighted by molar-refractivity contribution is 1.05. The Morgan fingerprint density at radius 1 is 0.609 bits per heavy atom. The van der Waals surface area contributed by atoms with Crippen LogP contribution in [0.4, 0.5) is 0 Å². The molecule has 23 heavy (non-hydrogen) atoms. The standard InChI is InChI=1S/C11H9N.C10H9N/c1-2-6-11-9(4-1)8-10-5-3-7-12(10)11;1-2-6-10(7-3-1)11-8-4-5-9-11/h1-7H,8H2;1-9H. The molecule has 1 aliphatic heterocycles. The molecule has 5 rings (SSSR count). The molecule has 2 aromatic carbocycles. The lowest BCUT2D eigenvalue weighted by Crippen LogP contribution is -1.87. The van der Waals surface area contributed by atoms with Gasteiger partial charge in [0.2, 0.25) is 0 Å². The van der Waals surface area contributed by atoms with Crippen LogP contribution in [0.1, 0.15) is 11.3 Å². The number of para-hydroxylation sites is 2. The second kappa shape index (κ2) is 6.01. The molecule has 4 aromatic rings. The Balaban J connectivity index is 0.000000118. The predicted molar refractivity (Wildman–Crippen MR) is 94.3 cm³/mol. The summed E-state index contributed by atoms with van der Waals surface area (Å²) in [5, 5.41) is 0. The normalized spacial score (nSPS) is 11.3. The van der Waals surface area contributed by atoms with Gasteiger partial charge in [-0.25, -0.2) is 0 Å². The minimum Gasteiger partial charge on any atom is -0.324 e. The zero-order valence-electron chi connectivity index (χ0n) is 12.8. The molecule has 1 aliphatic rings. The first-order valence-electron chi connectivity index (χ1n) is 7.85. The van der Waals surface area contributed by atoms with E-state index in [0.29, 0.717) is 0 Å². The molecule has 0 fully saturated rings. The summed E-state index contributed by atoms with van der Waals surface area (Å²) in [6, 6.07) is 27.1. The van der Waals surface area contributed by atoms with Gasteiger partial charge in [0, 0.05) is 42.1 Å². The Labute approximate surface area is 136 Å². The highest BCUT2D eigenvalue weighted by Crippen LogP contribution is 2.27. The van der Waals surface area contributed by atoms with Crippen molar-refractivity contribution in [2.45, 2.75) is 6.42 Å². The molecule has 0 bridgehead atoms. The zero-order chi connectivity index (χ0) is 15.5. The van der Waals surface area contributed by atoms with E-state index in [-0.39, 0.29) is 0 Å². The van der Waals surface area contributed by atoms with Crippen molar-refractivity contribution in [3.05, 3.63) is 109 Å². The average Bonchev–Trinajstić information content (AvgIpc) is 3.33. The first kappa shape index (κ1) is 13.6. The molecule has 0 saturated heterocycles. The van der Waals surface area contributed by atoms with Crippen molar-refractivity contribution < 1.29 is 0 Å². The first-order valence-corrected chi connectivity index (χ1v) is 7.85. The maximum absolute atomic E-state index is 2.26. The molecule has 0 spiro atoms. The fraction of sp³-hybridized carbons (Fsp3) is 0.0476. The molecule has 0 saturated carbocycles. The fourth-order valence-corrected chi connectivity index (χ4v) is 2.99. The molecule has 0 aliphatic carbocycles. The van der Waals surface area contributed by atoms with Crippen LogP contribution in [0.15, 0.2) is 97.5 Å². The van der Waals surface area contributed by atoms with Gasteiger partial charge in [-0.2, -0.15) is 0 Å². The monoisotopic (exact) mass is 298 g/mol. The molecule has 0 amide bonds. The highest BCUT2D eigenvalue weighted by Gasteiger charge is 2.15. The predicted octanol–water partition coefficient (Wildman–Crippen LogP) is 4.86. The Hall–Kier alpha value is -3.00. The number of benzene rings is 2. The Morgan fingerprint density at radius 2 is 1.35 bits per heavy atom. The summed E-state index contributed by atoms with van der Waals surface area (Å²) in [5.41, 5.74) is 5.39. The van der Waals surface area contributed by atoms with E-state index in [4.69, 9.17) is 0 Å². The molecule has 2 heteroatoms. The SMILES string of the molecule is c1ccc(-n2cccc2)cc1.c1ccc2c(c1)Cc1cccn1-2. The lowest BCUT2D eigenvalue weighted by atomic mass is 10.1. The molecular formula is C21H18N2. The zero-order valence-corrected chi connectivity index (χ0v) is 12.8. The van der Waals surface area contributed by atoms with Gasteiger partial charge in [0.15, 0.2) is 0 Å². The number of nitrogens with zero attached hydrogens (tertiary/aromatic N) is 2. The summed E-state index contributed by atoms with van der Waals surface area (Å²) in [5.74, 6) is 0. The molecule has 0 atom stereocenters. The summed E-state index contributed by atoms with van der Waals surface area (Å²) in [6.07, 6.45) is 7.29. The minimum atomic E-state index is 1.09. The van der Waals surface area contributed by atoms with E-state index in [9.17, 15) is 0 Å². The average molecular weight is 298 g/mol. The van der Waals surface area contributed by atoms with Gasteiger partial charge in [-0.15, -0.1) is 0 Å². The van der Waals surface area contributed by atoms with Gasteiger partial charge in [-0.1, -0.05) is 36.4 Å². The molecule has 2 nitrogen and oxygen atoms in total. The van der Waals surface area contributed by atoms with Gasteiger partial charge >= 0.3 is 0 Å². The van der Waals surface area contributed by atoms with E-state index in [1.165, 1.54) is 22.6 Å². The smallest absolute Gasteiger partial charge is 0.0488 e. The molecule has 2 aromatic heterocycles. The van der Waals surface area contributed by atoms with Crippen molar-refractivity contribution in [3.63, 3.8) is 0 Å². The van der Waals surface area contributed by atoms with Crippen molar-refractivity contribution in [1.29, 1.82) is 0 Å². The van der Waals surface area contributed by atoms with E-state index in [0.717, 1.165) is 6.42 Å². The Morgan fingerprint density at radius 3 is 2.17 bits per heavy atom. The topological polar surface area (TPSA) is 9.86 Å². The van der Waals surface area contributed by atoms with Crippen LogP contribution in [0.5, 0.6) is 0 Å². The van der Waals surface area contributed by atoms with Gasteiger partial charge < -0.3 is 9.13 Å². The van der Waals surface area contributed by atoms with Gasteiger partial charge in [0.25, 0.3) is 0 Å². The number of rotatable bonds is 1. The van der Waals surface area contributed by atoms with E-state index in [2.05, 4.69) is 63.9 Å². The maximum atomic E-state index is 2.26. The van der Waals surface area contributed by atoms with Crippen molar-refractivity contribution in [2.24, 2.45) is 0 Å². The Kier molecular flexibility index (Phi) is 3.57. The lowest BCUT2D eigenvalue weighted by Gasteiger charge is -1.99. The van der Waals surface area contributed by atoms with Crippen LogP contribution in [0.25, 0.3) is 11.4 Å². The molecular weight excluding hydrogens is 280 g/mol. The van der Waals surface area contributed by atoms with Crippen molar-refractivity contribution >= 4 is 0 Å². The second-order valence-corrected chi connectivity index (χ2v) is 5.60. The van der Waals surface area contributed by atoms with Crippen LogP contribution in [0.3, 0.4) is 0 Å².